The summed E-state index contributed by atoms with van der Waals surface area (Å²) in [4.78, 5) is 17.5. The lowest BCUT2D eigenvalue weighted by molar-refractivity contribution is -0.360. The fourth-order valence-corrected chi connectivity index (χ4v) is 0.786. The van der Waals surface area contributed by atoms with Crippen LogP contribution in [0.1, 0.15) is 0 Å². The highest BCUT2D eigenvalue weighted by Crippen LogP contribution is 2.48. The van der Waals surface area contributed by atoms with Crippen LogP contribution in [0.25, 0.3) is 0 Å². The van der Waals surface area contributed by atoms with Gasteiger partial charge in [0.05, 0.1) is 0 Å². The van der Waals surface area contributed by atoms with E-state index in [9.17, 15) is 40.2 Å². The average Bonchev–Trinajstić information content (AvgIpc) is 1.97. The van der Waals surface area contributed by atoms with Crippen molar-refractivity contribution in [1.82, 2.24) is 0 Å². The Bertz CT molecular complexity index is 293. The lowest BCUT2D eigenvalue weighted by Gasteiger charge is -2.29. The van der Waals surface area contributed by atoms with Crippen molar-refractivity contribution in [3.8, 4) is 0 Å². The molecule has 0 aliphatic rings. The van der Waals surface area contributed by atoms with Crippen molar-refractivity contribution in [1.29, 1.82) is 0 Å². The predicted octanol–water partition coefficient (Wildman–Crippen LogP) is 1.30. The predicted molar refractivity (Wildman–Crippen MR) is 31.7 cm³/mol. The summed E-state index contributed by atoms with van der Waals surface area (Å²) in [5.74, 6) is -12.3. The molecule has 0 aromatic heterocycles. The van der Waals surface area contributed by atoms with Gasteiger partial charge in [0.25, 0.3) is 7.82 Å². The standard InChI is InChI=1S/C4H4F7O4P/c5-2(6,1-15-16(12,13)14)3(7,8)4(9,10)11/h1H2,(H2,12,13,14)/p-1. The highest BCUT2D eigenvalue weighted by atomic mass is 31.2. The molecule has 98 valence electrons. The molecule has 16 heavy (non-hydrogen) atoms. The van der Waals surface area contributed by atoms with Gasteiger partial charge in [0.1, 0.15) is 6.61 Å². The monoisotopic (exact) mass is 279 g/mol. The number of phosphoric ester groups is 1. The smallest absolute Gasteiger partial charge is 0.459 e. The van der Waals surface area contributed by atoms with E-state index in [1.807, 2.05) is 0 Å². The maximum Gasteiger partial charge on any atom is 0.459 e. The molecule has 0 saturated heterocycles. The molecule has 0 saturated carbocycles. The van der Waals surface area contributed by atoms with E-state index in [0.717, 1.165) is 0 Å². The maximum absolute atomic E-state index is 12.3. The van der Waals surface area contributed by atoms with Gasteiger partial charge in [0.15, 0.2) is 0 Å². The minimum atomic E-state index is -6.58. The van der Waals surface area contributed by atoms with Gasteiger partial charge in [-0.3, -0.25) is 4.57 Å². The first kappa shape index (κ1) is 15.6. The molecule has 0 aromatic rings. The molecule has 0 aliphatic heterocycles. The molecular formula is C4H3F7O4P-. The van der Waals surface area contributed by atoms with Crippen molar-refractivity contribution in [3.63, 3.8) is 0 Å². The van der Waals surface area contributed by atoms with E-state index in [1.165, 1.54) is 0 Å². The average molecular weight is 279 g/mol. The van der Waals surface area contributed by atoms with Crippen molar-refractivity contribution in [2.75, 3.05) is 6.61 Å². The van der Waals surface area contributed by atoms with E-state index in [0.29, 0.717) is 0 Å². The van der Waals surface area contributed by atoms with Crippen LogP contribution in [0.3, 0.4) is 0 Å². The Balaban J connectivity index is 4.86. The molecule has 0 radical (unpaired) electrons. The Morgan fingerprint density at radius 2 is 1.50 bits per heavy atom. The summed E-state index contributed by atoms with van der Waals surface area (Å²) in [6, 6.07) is 0. The molecule has 1 N–H and O–H groups in total. The molecule has 12 heteroatoms. The largest absolute Gasteiger partial charge is 0.756 e. The van der Waals surface area contributed by atoms with Crippen molar-refractivity contribution in [3.05, 3.63) is 0 Å². The van der Waals surface area contributed by atoms with Gasteiger partial charge in [-0.1, -0.05) is 0 Å². The van der Waals surface area contributed by atoms with Gasteiger partial charge >= 0.3 is 18.0 Å². The van der Waals surface area contributed by atoms with E-state index in [1.54, 1.807) is 0 Å². The summed E-state index contributed by atoms with van der Waals surface area (Å²) in [6.45, 7) is -2.82. The molecule has 1 atom stereocenters. The summed E-state index contributed by atoms with van der Waals surface area (Å²) in [6.07, 6.45) is -6.58. The van der Waals surface area contributed by atoms with Crippen LogP contribution in [0.4, 0.5) is 30.7 Å². The molecule has 0 aliphatic carbocycles. The lowest BCUT2D eigenvalue weighted by Crippen LogP contribution is -2.54. The fourth-order valence-electron chi connectivity index (χ4n) is 0.461. The third-order valence-electron chi connectivity index (χ3n) is 1.22. The van der Waals surface area contributed by atoms with Crippen LogP contribution in [-0.2, 0) is 9.09 Å². The Morgan fingerprint density at radius 3 is 1.75 bits per heavy atom. The SMILES string of the molecule is O=P([O-])(O)OCC(F)(F)C(F)(F)C(F)(F)F. The van der Waals surface area contributed by atoms with Crippen LogP contribution >= 0.6 is 7.82 Å². The first-order valence-corrected chi connectivity index (χ1v) is 4.71. The topological polar surface area (TPSA) is 69.6 Å². The summed E-state index contributed by atoms with van der Waals surface area (Å²) in [7, 11) is -5.81. The van der Waals surface area contributed by atoms with Crippen molar-refractivity contribution < 1.29 is 49.6 Å². The van der Waals surface area contributed by atoms with Gasteiger partial charge in [-0.15, -0.1) is 0 Å². The third-order valence-corrected chi connectivity index (χ3v) is 1.68. The molecule has 0 spiro atoms. The molecule has 0 bridgehead atoms. The number of halogens is 7. The zero-order valence-corrected chi connectivity index (χ0v) is 7.87. The quantitative estimate of drug-likeness (QED) is 0.622. The van der Waals surface area contributed by atoms with Crippen LogP contribution in [0.5, 0.6) is 0 Å². The van der Waals surface area contributed by atoms with E-state index in [2.05, 4.69) is 4.52 Å². The Hall–Kier alpha value is -0.380. The number of hydrogen-bond acceptors (Lipinski definition) is 3. The summed E-state index contributed by atoms with van der Waals surface area (Å²) in [5, 5.41) is 0. The zero-order chi connectivity index (χ0) is 13.4. The Morgan fingerprint density at radius 1 is 1.12 bits per heavy atom. The summed E-state index contributed by atoms with van der Waals surface area (Å²) in [5.41, 5.74) is 0. The van der Waals surface area contributed by atoms with Crippen LogP contribution in [0.2, 0.25) is 0 Å². The number of rotatable bonds is 4. The van der Waals surface area contributed by atoms with Crippen molar-refractivity contribution in [2.24, 2.45) is 0 Å². The molecule has 0 heterocycles. The second-order valence-corrected chi connectivity index (χ2v) is 3.71. The van der Waals surface area contributed by atoms with Gasteiger partial charge in [0, 0.05) is 0 Å². The van der Waals surface area contributed by atoms with Gasteiger partial charge < -0.3 is 14.3 Å². The van der Waals surface area contributed by atoms with E-state index in [4.69, 9.17) is 4.89 Å². The van der Waals surface area contributed by atoms with E-state index >= 15 is 0 Å². The van der Waals surface area contributed by atoms with Crippen molar-refractivity contribution in [2.45, 2.75) is 18.0 Å². The highest BCUT2D eigenvalue weighted by Gasteiger charge is 2.73. The molecule has 0 fully saturated rings. The fraction of sp³-hybridized carbons (Fsp3) is 1.00. The Kier molecular flexibility index (Phi) is 4.03. The second-order valence-electron chi connectivity index (χ2n) is 2.52. The van der Waals surface area contributed by atoms with Crippen LogP contribution in [0.15, 0.2) is 0 Å². The number of phosphoric acid groups is 1. The van der Waals surface area contributed by atoms with E-state index < -0.39 is 32.5 Å². The zero-order valence-electron chi connectivity index (χ0n) is 6.97. The number of alkyl halides is 7. The third kappa shape index (κ3) is 3.58. The van der Waals surface area contributed by atoms with E-state index in [-0.39, 0.29) is 0 Å². The van der Waals surface area contributed by atoms with Crippen LogP contribution in [-0.4, -0.2) is 29.5 Å². The molecule has 1 unspecified atom stereocenters. The second kappa shape index (κ2) is 4.13. The minimum Gasteiger partial charge on any atom is -0.756 e. The molecular weight excluding hydrogens is 276 g/mol. The van der Waals surface area contributed by atoms with Gasteiger partial charge in [0.2, 0.25) is 0 Å². The van der Waals surface area contributed by atoms with Gasteiger partial charge in [-0.05, 0) is 0 Å². The summed E-state index contributed by atoms with van der Waals surface area (Å²) >= 11 is 0. The maximum atomic E-state index is 12.3. The normalized spacial score (nSPS) is 18.3. The first-order chi connectivity index (χ1) is 6.71. The van der Waals surface area contributed by atoms with Gasteiger partial charge in [-0.25, -0.2) is 0 Å². The molecule has 0 rings (SSSR count). The van der Waals surface area contributed by atoms with Gasteiger partial charge in [-0.2, -0.15) is 30.7 Å². The molecule has 0 amide bonds. The lowest BCUT2D eigenvalue weighted by atomic mass is 10.2. The Labute approximate surface area is 83.2 Å². The molecule has 4 nitrogen and oxygen atoms in total. The number of hydrogen-bond donors (Lipinski definition) is 1. The summed E-state index contributed by atoms with van der Waals surface area (Å²) < 4.78 is 95.6. The van der Waals surface area contributed by atoms with Crippen molar-refractivity contribution >= 4 is 7.82 Å². The van der Waals surface area contributed by atoms with Crippen LogP contribution < -0.4 is 4.89 Å². The molecule has 0 aromatic carbocycles. The highest BCUT2D eigenvalue weighted by molar-refractivity contribution is 7.44. The first-order valence-electron chi connectivity index (χ1n) is 3.21. The minimum absolute atomic E-state index is 2.80. The van der Waals surface area contributed by atoms with Crippen LogP contribution in [0, 0.1) is 0 Å².